The number of aromatic amines is 1. The summed E-state index contributed by atoms with van der Waals surface area (Å²) in [7, 11) is 0. The molecule has 0 atom stereocenters. The molecule has 0 spiro atoms. The zero-order valence-electron chi connectivity index (χ0n) is 17.5. The van der Waals surface area contributed by atoms with E-state index in [0.717, 1.165) is 76.7 Å². The highest BCUT2D eigenvalue weighted by Crippen LogP contribution is 2.32. The fraction of sp³-hybridized carbons (Fsp3) is 0.292. The van der Waals surface area contributed by atoms with Crippen LogP contribution in [0.2, 0.25) is 0 Å². The lowest BCUT2D eigenvalue weighted by Crippen LogP contribution is -2.19. The number of ether oxygens (including phenoxy) is 1. The second-order valence-corrected chi connectivity index (χ2v) is 7.61. The molecule has 0 bridgehead atoms. The number of aromatic nitrogens is 1. The summed E-state index contributed by atoms with van der Waals surface area (Å²) in [6.07, 6.45) is 0.220. The van der Waals surface area contributed by atoms with Gasteiger partial charge in [0.05, 0.1) is 31.8 Å². The van der Waals surface area contributed by atoms with Gasteiger partial charge >= 0.3 is 5.97 Å². The number of carbonyl (C=O) groups excluding carboxylic acids is 1. The smallest absolute Gasteiger partial charge is 0.310 e. The minimum absolute atomic E-state index is 0.220. The summed E-state index contributed by atoms with van der Waals surface area (Å²) in [6.45, 7) is 5.55. The van der Waals surface area contributed by atoms with Crippen LogP contribution < -0.4 is 10.6 Å². The second kappa shape index (κ2) is 8.26. The van der Waals surface area contributed by atoms with Crippen LogP contribution in [0.3, 0.4) is 0 Å². The molecule has 158 valence electrons. The fourth-order valence-electron chi connectivity index (χ4n) is 4.17. The van der Waals surface area contributed by atoms with E-state index in [0.29, 0.717) is 6.61 Å². The number of H-pyrrole nitrogens is 1. The van der Waals surface area contributed by atoms with E-state index in [2.05, 4.69) is 68.1 Å². The third-order valence-electron chi connectivity index (χ3n) is 5.60. The number of rotatable bonds is 6. The Morgan fingerprint density at radius 1 is 0.935 bits per heavy atom. The highest BCUT2D eigenvalue weighted by molar-refractivity contribution is 6.04. The summed E-state index contributed by atoms with van der Waals surface area (Å²) in [6, 6.07) is 14.5. The molecule has 3 aromatic rings. The molecule has 3 N–H and O–H groups in total. The fourth-order valence-corrected chi connectivity index (χ4v) is 4.17. The number of esters is 1. The number of nitrogens with zero attached hydrogens (tertiary/aromatic N) is 2. The van der Waals surface area contributed by atoms with Gasteiger partial charge < -0.3 is 20.4 Å². The maximum atomic E-state index is 12.4. The van der Waals surface area contributed by atoms with Gasteiger partial charge in [0.2, 0.25) is 0 Å². The Hall–Kier alpha value is -3.61. The van der Waals surface area contributed by atoms with Crippen molar-refractivity contribution in [3.8, 4) is 11.3 Å². The lowest BCUT2D eigenvalue weighted by atomic mass is 10.0. The molecule has 2 aliphatic heterocycles. The van der Waals surface area contributed by atoms with Gasteiger partial charge in [-0.15, -0.1) is 0 Å². The van der Waals surface area contributed by atoms with E-state index in [1.807, 2.05) is 6.92 Å². The average Bonchev–Trinajstić information content (AvgIpc) is 3.55. The summed E-state index contributed by atoms with van der Waals surface area (Å²) in [5.74, 6) is 1.63. The number of nitrogens with one attached hydrogen (secondary N) is 3. The number of carbonyl (C=O) groups is 1. The summed E-state index contributed by atoms with van der Waals surface area (Å²) in [4.78, 5) is 24.9. The van der Waals surface area contributed by atoms with Gasteiger partial charge in [0, 0.05) is 35.1 Å². The molecule has 0 fully saturated rings. The lowest BCUT2D eigenvalue weighted by molar-refractivity contribution is -0.142. The van der Waals surface area contributed by atoms with Crippen molar-refractivity contribution >= 4 is 28.5 Å². The van der Waals surface area contributed by atoms with Crippen molar-refractivity contribution in [1.82, 2.24) is 15.6 Å². The van der Waals surface area contributed by atoms with Gasteiger partial charge in [-0.2, -0.15) is 0 Å². The SMILES string of the molecule is CCOC(=O)Cc1c(-c2ccc(C3=NCCN3)cc2)[nH]c2cc(C3=NCCN3)ccc12. The Morgan fingerprint density at radius 2 is 1.58 bits per heavy atom. The number of aliphatic imine (C=N–C) groups is 2. The quantitative estimate of drug-likeness (QED) is 0.540. The van der Waals surface area contributed by atoms with Crippen LogP contribution >= 0.6 is 0 Å². The van der Waals surface area contributed by atoms with Gasteiger partial charge in [-0.25, -0.2) is 0 Å². The van der Waals surface area contributed by atoms with Gasteiger partial charge in [0.25, 0.3) is 0 Å². The van der Waals surface area contributed by atoms with Crippen molar-refractivity contribution in [2.24, 2.45) is 9.98 Å². The van der Waals surface area contributed by atoms with E-state index < -0.39 is 0 Å². The predicted octanol–water partition coefficient (Wildman–Crippen LogP) is 2.64. The molecule has 0 amide bonds. The Balaban J connectivity index is 1.56. The standard InChI is InChI=1S/C24H25N5O2/c1-2-31-21(30)14-19-18-8-7-17(24-27-11-12-28-24)13-20(18)29-22(19)15-3-5-16(6-4-15)23-25-9-10-26-23/h3-8,13,29H,2,9-12,14H2,1H3,(H,25,26)(H,27,28). The van der Waals surface area contributed by atoms with Crippen molar-refractivity contribution in [2.75, 3.05) is 32.8 Å². The molecule has 5 rings (SSSR count). The van der Waals surface area contributed by atoms with E-state index in [1.54, 1.807) is 0 Å². The highest BCUT2D eigenvalue weighted by atomic mass is 16.5. The molecular formula is C24H25N5O2. The van der Waals surface area contributed by atoms with Crippen LogP contribution in [-0.2, 0) is 16.0 Å². The van der Waals surface area contributed by atoms with E-state index in [4.69, 9.17) is 4.74 Å². The molecule has 2 aliphatic rings. The topological polar surface area (TPSA) is 90.9 Å². The number of amidine groups is 2. The molecule has 7 nitrogen and oxygen atoms in total. The molecule has 1 aromatic heterocycles. The maximum absolute atomic E-state index is 12.4. The Kier molecular flexibility index (Phi) is 5.16. The van der Waals surface area contributed by atoms with Crippen LogP contribution in [-0.4, -0.2) is 55.4 Å². The van der Waals surface area contributed by atoms with Crippen LogP contribution in [0.15, 0.2) is 52.4 Å². The number of hydrogen-bond donors (Lipinski definition) is 3. The van der Waals surface area contributed by atoms with E-state index >= 15 is 0 Å². The van der Waals surface area contributed by atoms with Gasteiger partial charge in [-0.1, -0.05) is 36.4 Å². The molecule has 0 radical (unpaired) electrons. The summed E-state index contributed by atoms with van der Waals surface area (Å²) >= 11 is 0. The van der Waals surface area contributed by atoms with Crippen LogP contribution in [0, 0.1) is 0 Å². The van der Waals surface area contributed by atoms with E-state index in [9.17, 15) is 4.79 Å². The van der Waals surface area contributed by atoms with Crippen molar-refractivity contribution in [2.45, 2.75) is 13.3 Å². The largest absolute Gasteiger partial charge is 0.466 e. The molecule has 0 unspecified atom stereocenters. The van der Waals surface area contributed by atoms with Crippen molar-refractivity contribution in [3.63, 3.8) is 0 Å². The minimum atomic E-state index is -0.225. The third kappa shape index (κ3) is 3.79. The number of fused-ring (bicyclic) bond motifs is 1. The maximum Gasteiger partial charge on any atom is 0.310 e. The zero-order valence-corrected chi connectivity index (χ0v) is 17.5. The summed E-state index contributed by atoms with van der Waals surface area (Å²) in [5.41, 5.74) is 6.00. The minimum Gasteiger partial charge on any atom is -0.466 e. The molecule has 31 heavy (non-hydrogen) atoms. The Labute approximate surface area is 180 Å². The van der Waals surface area contributed by atoms with E-state index in [-0.39, 0.29) is 12.4 Å². The molecule has 2 aromatic carbocycles. The van der Waals surface area contributed by atoms with Crippen LogP contribution in [0.5, 0.6) is 0 Å². The molecule has 0 aliphatic carbocycles. The zero-order chi connectivity index (χ0) is 21.2. The number of hydrogen-bond acceptors (Lipinski definition) is 6. The van der Waals surface area contributed by atoms with Crippen LogP contribution in [0.25, 0.3) is 22.2 Å². The summed E-state index contributed by atoms with van der Waals surface area (Å²) in [5, 5.41) is 7.64. The predicted molar refractivity (Wildman–Crippen MR) is 123 cm³/mol. The lowest BCUT2D eigenvalue weighted by Gasteiger charge is -2.07. The first-order chi connectivity index (χ1) is 15.2. The molecule has 7 heteroatoms. The molecule has 3 heterocycles. The van der Waals surface area contributed by atoms with Crippen molar-refractivity contribution in [1.29, 1.82) is 0 Å². The molecular weight excluding hydrogens is 390 g/mol. The highest BCUT2D eigenvalue weighted by Gasteiger charge is 2.19. The Morgan fingerprint density at radius 3 is 2.23 bits per heavy atom. The third-order valence-corrected chi connectivity index (χ3v) is 5.60. The van der Waals surface area contributed by atoms with Gasteiger partial charge in [0.1, 0.15) is 11.7 Å². The Bertz CT molecular complexity index is 1190. The first kappa shape index (κ1) is 19.4. The molecule has 0 saturated heterocycles. The van der Waals surface area contributed by atoms with Crippen molar-refractivity contribution in [3.05, 3.63) is 59.2 Å². The van der Waals surface area contributed by atoms with Gasteiger partial charge in [-0.3, -0.25) is 14.8 Å². The average molecular weight is 415 g/mol. The second-order valence-electron chi connectivity index (χ2n) is 7.61. The van der Waals surface area contributed by atoms with Gasteiger partial charge in [0.15, 0.2) is 0 Å². The summed E-state index contributed by atoms with van der Waals surface area (Å²) < 4.78 is 5.24. The van der Waals surface area contributed by atoms with Crippen LogP contribution in [0.1, 0.15) is 23.6 Å². The monoisotopic (exact) mass is 415 g/mol. The van der Waals surface area contributed by atoms with E-state index in [1.165, 1.54) is 0 Å². The number of benzene rings is 2. The first-order valence-electron chi connectivity index (χ1n) is 10.7. The first-order valence-corrected chi connectivity index (χ1v) is 10.7. The van der Waals surface area contributed by atoms with Gasteiger partial charge in [-0.05, 0) is 24.1 Å². The van der Waals surface area contributed by atoms with Crippen molar-refractivity contribution < 1.29 is 9.53 Å². The molecule has 0 saturated carbocycles. The normalized spacial score (nSPS) is 15.4. The van der Waals surface area contributed by atoms with Crippen LogP contribution in [0.4, 0.5) is 0 Å².